The van der Waals surface area contributed by atoms with Gasteiger partial charge >= 0.3 is 5.97 Å². The number of carbonyl (C=O) groups excluding carboxylic acids is 3. The molecule has 2 aromatic rings. The van der Waals surface area contributed by atoms with E-state index in [9.17, 15) is 14.4 Å². The molecule has 2 amide bonds. The van der Waals surface area contributed by atoms with Gasteiger partial charge in [0.1, 0.15) is 12.4 Å². The Morgan fingerprint density at radius 3 is 2.76 bits per heavy atom. The third-order valence-corrected chi connectivity index (χ3v) is 5.10. The maximum atomic E-state index is 12.3. The van der Waals surface area contributed by atoms with Crippen molar-refractivity contribution in [3.05, 3.63) is 54.1 Å². The van der Waals surface area contributed by atoms with Crippen LogP contribution in [0.2, 0.25) is 0 Å². The van der Waals surface area contributed by atoms with Crippen molar-refractivity contribution in [3.63, 3.8) is 0 Å². The molecule has 0 spiro atoms. The van der Waals surface area contributed by atoms with Crippen molar-refractivity contribution in [2.45, 2.75) is 19.3 Å². The summed E-state index contributed by atoms with van der Waals surface area (Å²) in [5, 5.41) is 2.74. The summed E-state index contributed by atoms with van der Waals surface area (Å²) in [6.07, 6.45) is 1.83. The van der Waals surface area contributed by atoms with Gasteiger partial charge in [0, 0.05) is 13.0 Å². The van der Waals surface area contributed by atoms with Crippen LogP contribution >= 0.6 is 0 Å². The lowest BCUT2D eigenvalue weighted by Crippen LogP contribution is -2.32. The van der Waals surface area contributed by atoms with Gasteiger partial charge in [-0.25, -0.2) is 0 Å². The maximum Gasteiger partial charge on any atom is 0.313 e. The van der Waals surface area contributed by atoms with Gasteiger partial charge in [-0.15, -0.1) is 0 Å². The summed E-state index contributed by atoms with van der Waals surface area (Å²) in [4.78, 5) is 38.4. The number of hydrogen-bond acceptors (Lipinski definition) is 5. The number of fused-ring (bicyclic) bond motifs is 1. The number of amides is 2. The van der Waals surface area contributed by atoms with Crippen molar-refractivity contribution in [2.24, 2.45) is 5.92 Å². The third kappa shape index (κ3) is 4.23. The zero-order chi connectivity index (χ0) is 20.2. The van der Waals surface area contributed by atoms with E-state index in [1.54, 1.807) is 23.1 Å². The standard InChI is InChI=1S/C22H22N2O5/c25-20(23-17-7-2-3-8-18(17)24-11-5-10-21(24)26)14-29-22(27)16-12-15-6-1-4-9-19(15)28-13-16/h1-4,6-9,16H,5,10-14H2,(H,23,25). The predicted octanol–water partition coefficient (Wildman–Crippen LogP) is 2.55. The molecule has 1 unspecified atom stereocenters. The molecule has 2 heterocycles. The number of carbonyl (C=O) groups is 3. The molecule has 1 atom stereocenters. The molecule has 29 heavy (non-hydrogen) atoms. The van der Waals surface area contributed by atoms with E-state index in [1.165, 1.54) is 0 Å². The van der Waals surface area contributed by atoms with Crippen LogP contribution in [0.4, 0.5) is 11.4 Å². The average Bonchev–Trinajstić information content (AvgIpc) is 3.17. The number of ether oxygens (including phenoxy) is 2. The molecule has 0 radical (unpaired) electrons. The van der Waals surface area contributed by atoms with Crippen LogP contribution in [0.3, 0.4) is 0 Å². The first kappa shape index (κ1) is 19.0. The minimum Gasteiger partial charge on any atom is -0.492 e. The molecule has 0 aromatic heterocycles. The van der Waals surface area contributed by atoms with Crippen molar-refractivity contribution >= 4 is 29.2 Å². The normalized spacial score (nSPS) is 18.0. The van der Waals surface area contributed by atoms with Crippen LogP contribution in [0.1, 0.15) is 18.4 Å². The Morgan fingerprint density at radius 1 is 1.14 bits per heavy atom. The van der Waals surface area contributed by atoms with Gasteiger partial charge in [-0.2, -0.15) is 0 Å². The number of nitrogens with one attached hydrogen (secondary N) is 1. The molecule has 150 valence electrons. The van der Waals surface area contributed by atoms with Gasteiger partial charge < -0.3 is 19.7 Å². The summed E-state index contributed by atoms with van der Waals surface area (Å²) in [5.74, 6) is -0.530. The third-order valence-electron chi connectivity index (χ3n) is 5.10. The Morgan fingerprint density at radius 2 is 1.93 bits per heavy atom. The van der Waals surface area contributed by atoms with E-state index in [1.807, 2.05) is 30.3 Å². The SMILES string of the molecule is O=C(COC(=O)C1COc2ccccc2C1)Nc1ccccc1N1CCCC1=O. The van der Waals surface area contributed by atoms with Crippen molar-refractivity contribution in [1.29, 1.82) is 0 Å². The van der Waals surface area contributed by atoms with Gasteiger partial charge in [-0.1, -0.05) is 30.3 Å². The molecular weight excluding hydrogens is 372 g/mol. The van der Waals surface area contributed by atoms with Gasteiger partial charge in [0.05, 0.1) is 17.3 Å². The highest BCUT2D eigenvalue weighted by atomic mass is 16.5. The molecular formula is C22H22N2O5. The largest absolute Gasteiger partial charge is 0.492 e. The second kappa shape index (κ2) is 8.34. The van der Waals surface area contributed by atoms with E-state index in [4.69, 9.17) is 9.47 Å². The fourth-order valence-corrected chi connectivity index (χ4v) is 3.64. The Balaban J connectivity index is 1.33. The monoisotopic (exact) mass is 394 g/mol. The van der Waals surface area contributed by atoms with Crippen LogP contribution in [0.15, 0.2) is 48.5 Å². The van der Waals surface area contributed by atoms with E-state index in [2.05, 4.69) is 5.32 Å². The second-order valence-electron chi connectivity index (χ2n) is 7.14. The van der Waals surface area contributed by atoms with Crippen LogP contribution < -0.4 is 15.0 Å². The predicted molar refractivity (Wildman–Crippen MR) is 107 cm³/mol. The molecule has 0 bridgehead atoms. The summed E-state index contributed by atoms with van der Waals surface area (Å²) in [6, 6.07) is 14.7. The Hall–Kier alpha value is -3.35. The fraction of sp³-hybridized carbons (Fsp3) is 0.318. The molecule has 0 aliphatic carbocycles. The highest BCUT2D eigenvalue weighted by Crippen LogP contribution is 2.30. The minimum atomic E-state index is -0.461. The molecule has 7 heteroatoms. The van der Waals surface area contributed by atoms with Crippen molar-refractivity contribution in [2.75, 3.05) is 30.0 Å². The van der Waals surface area contributed by atoms with E-state index in [0.29, 0.717) is 30.8 Å². The van der Waals surface area contributed by atoms with E-state index >= 15 is 0 Å². The minimum absolute atomic E-state index is 0.0377. The van der Waals surface area contributed by atoms with Gasteiger partial charge in [0.15, 0.2) is 6.61 Å². The zero-order valence-corrected chi connectivity index (χ0v) is 15.9. The first-order valence-electron chi connectivity index (χ1n) is 9.68. The van der Waals surface area contributed by atoms with Crippen LogP contribution in [0.5, 0.6) is 5.75 Å². The summed E-state index contributed by atoms with van der Waals surface area (Å²) >= 11 is 0. The molecule has 7 nitrogen and oxygen atoms in total. The molecule has 1 saturated heterocycles. The number of benzene rings is 2. The van der Waals surface area contributed by atoms with Gasteiger partial charge in [0.25, 0.3) is 5.91 Å². The molecule has 2 aliphatic rings. The lowest BCUT2D eigenvalue weighted by atomic mass is 9.97. The summed E-state index contributed by atoms with van der Waals surface area (Å²) in [7, 11) is 0. The summed E-state index contributed by atoms with van der Waals surface area (Å²) in [6.45, 7) is 0.473. The zero-order valence-electron chi connectivity index (χ0n) is 15.9. The molecule has 4 rings (SSSR count). The lowest BCUT2D eigenvalue weighted by molar-refractivity contribution is -0.152. The summed E-state index contributed by atoms with van der Waals surface area (Å²) in [5.41, 5.74) is 2.14. The van der Waals surface area contributed by atoms with E-state index in [0.717, 1.165) is 17.7 Å². The van der Waals surface area contributed by atoms with Crippen LogP contribution in [-0.2, 0) is 25.5 Å². The lowest BCUT2D eigenvalue weighted by Gasteiger charge is -2.24. The quantitative estimate of drug-likeness (QED) is 0.788. The molecule has 1 fully saturated rings. The van der Waals surface area contributed by atoms with Crippen LogP contribution in [-0.4, -0.2) is 37.5 Å². The summed E-state index contributed by atoms with van der Waals surface area (Å²) < 4.78 is 10.8. The molecule has 1 N–H and O–H groups in total. The van der Waals surface area contributed by atoms with E-state index in [-0.39, 0.29) is 19.1 Å². The average molecular weight is 394 g/mol. The molecule has 2 aromatic carbocycles. The van der Waals surface area contributed by atoms with Crippen molar-refractivity contribution < 1.29 is 23.9 Å². The number of rotatable bonds is 5. The number of para-hydroxylation sites is 3. The van der Waals surface area contributed by atoms with Crippen molar-refractivity contribution in [3.8, 4) is 5.75 Å². The highest BCUT2D eigenvalue weighted by molar-refractivity contribution is 6.02. The smallest absolute Gasteiger partial charge is 0.313 e. The molecule has 2 aliphatic heterocycles. The van der Waals surface area contributed by atoms with Gasteiger partial charge in [-0.05, 0) is 36.6 Å². The number of nitrogens with zero attached hydrogens (tertiary/aromatic N) is 1. The Labute approximate surface area is 168 Å². The number of hydrogen-bond donors (Lipinski definition) is 1. The first-order valence-corrected chi connectivity index (χ1v) is 9.68. The maximum absolute atomic E-state index is 12.3. The topological polar surface area (TPSA) is 84.9 Å². The fourth-order valence-electron chi connectivity index (χ4n) is 3.64. The second-order valence-corrected chi connectivity index (χ2v) is 7.14. The van der Waals surface area contributed by atoms with Crippen molar-refractivity contribution in [1.82, 2.24) is 0 Å². The van der Waals surface area contributed by atoms with Crippen LogP contribution in [0.25, 0.3) is 0 Å². The number of esters is 1. The van der Waals surface area contributed by atoms with Crippen LogP contribution in [0, 0.1) is 5.92 Å². The first-order chi connectivity index (χ1) is 14.1. The highest BCUT2D eigenvalue weighted by Gasteiger charge is 2.28. The van der Waals surface area contributed by atoms with E-state index < -0.39 is 17.8 Å². The Bertz CT molecular complexity index is 942. The number of anilines is 2. The van der Waals surface area contributed by atoms with Gasteiger partial charge in [0.2, 0.25) is 5.91 Å². The Kier molecular flexibility index (Phi) is 5.46. The van der Waals surface area contributed by atoms with Gasteiger partial charge in [-0.3, -0.25) is 14.4 Å². The molecule has 0 saturated carbocycles.